The minimum atomic E-state index is -0.445. The molecule has 0 rings (SSSR count). The van der Waals surface area contributed by atoms with Gasteiger partial charge in [-0.1, -0.05) is 20.8 Å². The summed E-state index contributed by atoms with van der Waals surface area (Å²) in [5, 5.41) is 0. The first kappa shape index (κ1) is 33.1. The Balaban J connectivity index is 5.17. The Morgan fingerprint density at radius 3 is 1.24 bits per heavy atom. The van der Waals surface area contributed by atoms with E-state index in [9.17, 15) is 0 Å². The molecule has 0 aliphatic heterocycles. The van der Waals surface area contributed by atoms with Gasteiger partial charge in [-0.25, -0.2) is 0 Å². The molecule has 0 aliphatic carbocycles. The third-order valence-corrected chi connectivity index (χ3v) is 8.66. The molecule has 33 heavy (non-hydrogen) atoms. The molecule has 0 saturated carbocycles. The first-order valence-electron chi connectivity index (χ1n) is 14.3. The van der Waals surface area contributed by atoms with Crippen molar-refractivity contribution >= 4 is 9.76 Å². The monoisotopic (exact) mass is 485 g/mol. The smallest absolute Gasteiger partial charge is 0.162 e. The molecule has 0 heterocycles. The number of hydrogen-bond acceptors (Lipinski definition) is 4. The van der Waals surface area contributed by atoms with Crippen molar-refractivity contribution in [3.63, 3.8) is 0 Å². The molecule has 0 atom stereocenters. The second kappa shape index (κ2) is 19.3. The highest BCUT2D eigenvalue weighted by Crippen LogP contribution is 2.40. The zero-order chi connectivity index (χ0) is 25.2. The second-order valence-electron chi connectivity index (χ2n) is 11.8. The summed E-state index contributed by atoms with van der Waals surface area (Å²) in [5.74, 6) is 0. The van der Waals surface area contributed by atoms with Crippen LogP contribution < -0.4 is 0 Å². The maximum Gasteiger partial charge on any atom is 0.162 e. The number of hydrogen-bond donors (Lipinski definition) is 0. The fourth-order valence-corrected chi connectivity index (χ4v) is 6.88. The average Bonchev–Trinajstić information content (AvgIpc) is 2.71. The number of nitrogens with zero attached hydrogens (tertiary/aromatic N) is 3. The lowest BCUT2D eigenvalue weighted by Gasteiger charge is -2.36. The second-order valence-corrected chi connectivity index (χ2v) is 13.2. The van der Waals surface area contributed by atoms with Crippen LogP contribution in [0.1, 0.15) is 106 Å². The van der Waals surface area contributed by atoms with Crippen molar-refractivity contribution in [2.45, 2.75) is 117 Å². The molecule has 0 aromatic heterocycles. The summed E-state index contributed by atoms with van der Waals surface area (Å²) >= 11 is 0. The van der Waals surface area contributed by atoms with Gasteiger partial charge in [-0.05, 0) is 157 Å². The molecule has 0 fully saturated rings. The molecule has 0 aliphatic rings. The van der Waals surface area contributed by atoms with E-state index >= 15 is 0 Å². The molecule has 0 unspecified atom stereocenters. The largest absolute Gasteiger partial charge is 0.419 e. The maximum atomic E-state index is 6.26. The van der Waals surface area contributed by atoms with E-state index in [1.807, 2.05) is 0 Å². The Bertz CT molecular complexity index is 396. The molecule has 0 bridgehead atoms. The molecular weight excluding hydrogens is 422 g/mol. The van der Waals surface area contributed by atoms with Gasteiger partial charge in [-0.15, -0.1) is 0 Å². The Morgan fingerprint density at radius 2 is 0.939 bits per heavy atom. The lowest BCUT2D eigenvalue weighted by atomic mass is 9.73. The summed E-state index contributed by atoms with van der Waals surface area (Å²) in [7, 11) is 6.46. The van der Waals surface area contributed by atoms with Crippen molar-refractivity contribution in [3.8, 4) is 0 Å². The van der Waals surface area contributed by atoms with Crippen molar-refractivity contribution in [1.82, 2.24) is 14.7 Å². The highest BCUT2D eigenvalue weighted by molar-refractivity contribution is 6.27. The molecule has 4 nitrogen and oxygen atoms in total. The van der Waals surface area contributed by atoms with E-state index in [0.717, 1.165) is 0 Å². The summed E-state index contributed by atoms with van der Waals surface area (Å²) in [6.45, 7) is 20.9. The highest BCUT2D eigenvalue weighted by Gasteiger charge is 2.29. The summed E-state index contributed by atoms with van der Waals surface area (Å²) in [5.41, 5.74) is 0.533. The van der Waals surface area contributed by atoms with Gasteiger partial charge in [0.2, 0.25) is 0 Å². The lowest BCUT2D eigenvalue weighted by Crippen LogP contribution is -2.30. The van der Waals surface area contributed by atoms with Gasteiger partial charge in [0.1, 0.15) is 0 Å². The molecule has 0 saturated heterocycles. The van der Waals surface area contributed by atoms with Gasteiger partial charge in [-0.3, -0.25) is 0 Å². The zero-order valence-corrected chi connectivity index (χ0v) is 25.9. The quantitative estimate of drug-likeness (QED) is 0.137. The van der Waals surface area contributed by atoms with Crippen LogP contribution in [0.3, 0.4) is 0 Å². The normalized spacial score (nSPS) is 13.5. The minimum Gasteiger partial charge on any atom is -0.419 e. The van der Waals surface area contributed by atoms with Gasteiger partial charge in [0.05, 0.1) is 0 Å². The Hall–Kier alpha value is 0.0569. The van der Waals surface area contributed by atoms with Crippen LogP contribution in [-0.2, 0) is 4.43 Å². The molecule has 0 aromatic carbocycles. The predicted molar refractivity (Wildman–Crippen MR) is 152 cm³/mol. The average molecular weight is 486 g/mol. The van der Waals surface area contributed by atoms with Gasteiger partial charge in [0, 0.05) is 5.60 Å². The third-order valence-electron chi connectivity index (χ3n) is 6.94. The van der Waals surface area contributed by atoms with E-state index in [1.54, 1.807) is 0 Å². The van der Waals surface area contributed by atoms with Gasteiger partial charge >= 0.3 is 0 Å². The summed E-state index contributed by atoms with van der Waals surface area (Å²) in [6.07, 6.45) is 13.3. The molecule has 5 heteroatoms. The molecular formula is C28H63N3OSi. The topological polar surface area (TPSA) is 19.0 Å². The first-order valence-corrected chi connectivity index (χ1v) is 15.8. The summed E-state index contributed by atoms with van der Waals surface area (Å²) in [4.78, 5) is 7.60. The Labute approximate surface area is 212 Å². The van der Waals surface area contributed by atoms with Gasteiger partial charge < -0.3 is 19.1 Å². The Kier molecular flexibility index (Phi) is 19.3. The third kappa shape index (κ3) is 19.0. The van der Waals surface area contributed by atoms with Crippen molar-refractivity contribution in [2.75, 3.05) is 60.4 Å². The van der Waals surface area contributed by atoms with Crippen molar-refractivity contribution in [3.05, 3.63) is 0 Å². The van der Waals surface area contributed by atoms with Crippen LogP contribution in [0.4, 0.5) is 0 Å². The van der Waals surface area contributed by atoms with E-state index in [0.29, 0.717) is 5.41 Å². The Morgan fingerprint density at radius 1 is 0.576 bits per heavy atom. The van der Waals surface area contributed by atoms with Crippen LogP contribution in [-0.4, -0.2) is 90.5 Å². The fraction of sp³-hybridized carbons (Fsp3) is 1.00. The van der Waals surface area contributed by atoms with Crippen LogP contribution in [0.25, 0.3) is 0 Å². The first-order chi connectivity index (χ1) is 15.6. The predicted octanol–water partition coefficient (Wildman–Crippen LogP) is 6.05. The van der Waals surface area contributed by atoms with Crippen molar-refractivity contribution in [2.24, 2.45) is 5.41 Å². The van der Waals surface area contributed by atoms with Gasteiger partial charge in [-0.2, -0.15) is 0 Å². The summed E-state index contributed by atoms with van der Waals surface area (Å²) < 4.78 is 6.26. The molecule has 0 aromatic rings. The van der Waals surface area contributed by atoms with Crippen LogP contribution in [0.2, 0.25) is 6.04 Å². The van der Waals surface area contributed by atoms with Crippen molar-refractivity contribution < 1.29 is 4.43 Å². The molecule has 0 radical (unpaired) electrons. The van der Waals surface area contributed by atoms with E-state index in [4.69, 9.17) is 4.43 Å². The molecule has 0 spiro atoms. The standard InChI is InChI=1S/C28H63N3OSi/c1-10-20-29(7)23-13-16-28(17-14-24-30(8)21-11-2,18-15-25-31(9)22-12-3)19-26-33-32-27(4,5)6/h10-26,33H2,1-9H3. The van der Waals surface area contributed by atoms with E-state index in [2.05, 4.69) is 77.4 Å². The van der Waals surface area contributed by atoms with Crippen LogP contribution in [0.5, 0.6) is 0 Å². The lowest BCUT2D eigenvalue weighted by molar-refractivity contribution is 0.131. The molecule has 0 N–H and O–H groups in total. The highest BCUT2D eigenvalue weighted by atomic mass is 28.2. The minimum absolute atomic E-state index is 0.0312. The van der Waals surface area contributed by atoms with E-state index in [-0.39, 0.29) is 5.60 Å². The summed E-state index contributed by atoms with van der Waals surface area (Å²) in [6, 6.07) is 1.33. The maximum absolute atomic E-state index is 6.26. The van der Waals surface area contributed by atoms with Gasteiger partial charge in [0.15, 0.2) is 9.76 Å². The van der Waals surface area contributed by atoms with Gasteiger partial charge in [0.25, 0.3) is 0 Å². The number of rotatable bonds is 22. The van der Waals surface area contributed by atoms with E-state index < -0.39 is 9.76 Å². The molecule has 0 amide bonds. The van der Waals surface area contributed by atoms with Crippen LogP contribution >= 0.6 is 0 Å². The zero-order valence-electron chi connectivity index (χ0n) is 24.5. The van der Waals surface area contributed by atoms with E-state index in [1.165, 1.54) is 110 Å². The SMILES string of the molecule is CCCN(C)CCCC(CCCN(C)CCC)(CCCN(C)CCC)CC[SiH2]OC(C)(C)C. The van der Waals surface area contributed by atoms with Crippen LogP contribution in [0.15, 0.2) is 0 Å². The molecule has 200 valence electrons. The fourth-order valence-electron chi connectivity index (χ4n) is 5.23. The van der Waals surface area contributed by atoms with Crippen LogP contribution in [0, 0.1) is 5.41 Å². The van der Waals surface area contributed by atoms with Crippen molar-refractivity contribution in [1.29, 1.82) is 0 Å².